The van der Waals surface area contributed by atoms with Gasteiger partial charge >= 0.3 is 0 Å². The number of nitrogens with zero attached hydrogens (tertiary/aromatic N) is 2. The molecule has 3 aromatic heterocycles. The first-order valence-corrected chi connectivity index (χ1v) is 9.14. The maximum absolute atomic E-state index is 12.6. The molecule has 4 aromatic rings. The lowest BCUT2D eigenvalue weighted by Crippen LogP contribution is -2.12. The van der Waals surface area contributed by atoms with Gasteiger partial charge in [-0.05, 0) is 30.3 Å². The van der Waals surface area contributed by atoms with Crippen molar-refractivity contribution in [3.63, 3.8) is 0 Å². The number of fused-ring (bicyclic) bond motifs is 1. The lowest BCUT2D eigenvalue weighted by Gasteiger charge is -2.05. The quantitative estimate of drug-likeness (QED) is 0.529. The maximum atomic E-state index is 12.6. The summed E-state index contributed by atoms with van der Waals surface area (Å²) < 4.78 is 0.715. The maximum Gasteiger partial charge on any atom is 0.258 e. The number of pyridine rings is 1. The highest BCUT2D eigenvalue weighted by molar-refractivity contribution is 7.20. The van der Waals surface area contributed by atoms with Crippen molar-refractivity contribution in [3.8, 4) is 10.6 Å². The van der Waals surface area contributed by atoms with E-state index in [1.807, 2.05) is 41.8 Å². The largest absolute Gasteiger partial charge is 0.298 e. The average molecular weight is 372 g/mol. The van der Waals surface area contributed by atoms with Crippen LogP contribution in [-0.2, 0) is 0 Å². The summed E-state index contributed by atoms with van der Waals surface area (Å²) in [4.78, 5) is 22.3. The second-order valence-corrected chi connectivity index (χ2v) is 7.54. The molecule has 0 fully saturated rings. The number of carbonyl (C=O) groups excluding carboxylic acids is 1. The lowest BCUT2D eigenvalue weighted by molar-refractivity contribution is 0.102. The average Bonchev–Trinajstić information content (AvgIpc) is 3.23. The molecule has 7 heteroatoms. The van der Waals surface area contributed by atoms with Crippen molar-refractivity contribution in [1.29, 1.82) is 0 Å². The van der Waals surface area contributed by atoms with Crippen LogP contribution in [0.4, 0.5) is 5.13 Å². The first-order chi connectivity index (χ1) is 11.7. The Labute approximate surface area is 150 Å². The summed E-state index contributed by atoms with van der Waals surface area (Å²) in [5.41, 5.74) is 2.18. The molecule has 0 unspecified atom stereocenters. The summed E-state index contributed by atoms with van der Waals surface area (Å²) in [5, 5.41) is 6.14. The molecule has 1 N–H and O–H groups in total. The number of thiazole rings is 1. The van der Waals surface area contributed by atoms with Crippen LogP contribution in [0, 0.1) is 0 Å². The molecule has 1 aromatic carbocycles. The van der Waals surface area contributed by atoms with Crippen LogP contribution in [0.3, 0.4) is 0 Å². The topological polar surface area (TPSA) is 54.9 Å². The van der Waals surface area contributed by atoms with E-state index >= 15 is 0 Å². The van der Waals surface area contributed by atoms with Crippen molar-refractivity contribution in [1.82, 2.24) is 9.97 Å². The van der Waals surface area contributed by atoms with Gasteiger partial charge in [-0.15, -0.1) is 22.7 Å². The van der Waals surface area contributed by atoms with Crippen molar-refractivity contribution in [2.24, 2.45) is 0 Å². The Bertz CT molecular complexity index is 1040. The standard InChI is InChI=1S/C17H10ClN3OS2/c18-15-7-6-14(24-15)13-9-23-17(20-13)21-16(22)11-3-1-5-12-10(11)4-2-8-19-12/h1-9H,(H,20,21,22). The van der Waals surface area contributed by atoms with Crippen molar-refractivity contribution in [3.05, 3.63) is 63.9 Å². The van der Waals surface area contributed by atoms with E-state index < -0.39 is 0 Å². The predicted octanol–water partition coefficient (Wildman–Crippen LogP) is 5.33. The third-order valence-electron chi connectivity index (χ3n) is 3.44. The summed E-state index contributed by atoms with van der Waals surface area (Å²) in [6.45, 7) is 0. The third kappa shape index (κ3) is 2.91. The molecule has 24 heavy (non-hydrogen) atoms. The molecule has 0 aliphatic carbocycles. The predicted molar refractivity (Wildman–Crippen MR) is 100 cm³/mol. The number of nitrogens with one attached hydrogen (secondary N) is 1. The van der Waals surface area contributed by atoms with Gasteiger partial charge in [0.2, 0.25) is 0 Å². The van der Waals surface area contributed by atoms with Gasteiger partial charge in [0.25, 0.3) is 5.91 Å². The summed E-state index contributed by atoms with van der Waals surface area (Å²) in [6.07, 6.45) is 1.71. The van der Waals surface area contributed by atoms with Crippen LogP contribution < -0.4 is 5.32 Å². The number of rotatable bonds is 3. The van der Waals surface area contributed by atoms with Crippen LogP contribution in [0.15, 0.2) is 54.0 Å². The van der Waals surface area contributed by atoms with Gasteiger partial charge in [-0.1, -0.05) is 23.7 Å². The van der Waals surface area contributed by atoms with E-state index in [1.165, 1.54) is 22.7 Å². The number of thiophene rings is 1. The van der Waals surface area contributed by atoms with E-state index in [1.54, 1.807) is 12.3 Å². The molecule has 0 atom stereocenters. The highest BCUT2D eigenvalue weighted by Gasteiger charge is 2.13. The molecule has 0 aliphatic heterocycles. The zero-order chi connectivity index (χ0) is 16.5. The monoisotopic (exact) mass is 371 g/mol. The number of hydrogen-bond acceptors (Lipinski definition) is 5. The van der Waals surface area contributed by atoms with E-state index in [0.29, 0.717) is 15.0 Å². The Balaban J connectivity index is 1.61. The number of amides is 1. The first-order valence-electron chi connectivity index (χ1n) is 7.07. The first kappa shape index (κ1) is 15.3. The van der Waals surface area contributed by atoms with Crippen molar-refractivity contribution in [2.45, 2.75) is 0 Å². The van der Waals surface area contributed by atoms with Gasteiger partial charge in [0.1, 0.15) is 0 Å². The van der Waals surface area contributed by atoms with E-state index in [4.69, 9.17) is 11.6 Å². The third-order valence-corrected chi connectivity index (χ3v) is 5.45. The zero-order valence-electron chi connectivity index (χ0n) is 12.2. The molecule has 0 radical (unpaired) electrons. The van der Waals surface area contributed by atoms with E-state index in [-0.39, 0.29) is 5.91 Å². The molecular formula is C17H10ClN3OS2. The second-order valence-electron chi connectivity index (χ2n) is 4.97. The Morgan fingerprint density at radius 1 is 1.12 bits per heavy atom. The second kappa shape index (κ2) is 6.32. The van der Waals surface area contributed by atoms with Crippen LogP contribution in [0.25, 0.3) is 21.5 Å². The zero-order valence-corrected chi connectivity index (χ0v) is 14.6. The minimum atomic E-state index is -0.196. The number of benzene rings is 1. The molecule has 3 heterocycles. The fourth-order valence-corrected chi connectivity index (χ4v) is 4.15. The van der Waals surface area contributed by atoms with E-state index in [9.17, 15) is 4.79 Å². The smallest absolute Gasteiger partial charge is 0.258 e. The number of halogens is 1. The number of aromatic nitrogens is 2. The van der Waals surface area contributed by atoms with Crippen LogP contribution in [0.5, 0.6) is 0 Å². The summed E-state index contributed by atoms with van der Waals surface area (Å²) in [5.74, 6) is -0.196. The Morgan fingerprint density at radius 3 is 2.88 bits per heavy atom. The number of hydrogen-bond donors (Lipinski definition) is 1. The number of anilines is 1. The highest BCUT2D eigenvalue weighted by Crippen LogP contribution is 2.33. The summed E-state index contributed by atoms with van der Waals surface area (Å²) in [7, 11) is 0. The van der Waals surface area contributed by atoms with Gasteiger partial charge in [-0.25, -0.2) is 4.98 Å². The minimum Gasteiger partial charge on any atom is -0.298 e. The Hall–Kier alpha value is -2.28. The van der Waals surface area contributed by atoms with Crippen LogP contribution >= 0.6 is 34.3 Å². The molecule has 4 rings (SSSR count). The molecule has 0 saturated carbocycles. The van der Waals surface area contributed by atoms with Gasteiger partial charge in [0, 0.05) is 22.5 Å². The Kier molecular flexibility index (Phi) is 4.02. The fourth-order valence-electron chi connectivity index (χ4n) is 2.36. The van der Waals surface area contributed by atoms with Gasteiger partial charge in [-0.3, -0.25) is 15.1 Å². The molecule has 118 valence electrons. The van der Waals surface area contributed by atoms with Gasteiger partial charge < -0.3 is 0 Å². The van der Waals surface area contributed by atoms with Gasteiger partial charge in [0.15, 0.2) is 5.13 Å². The van der Waals surface area contributed by atoms with E-state index in [2.05, 4.69) is 15.3 Å². The fraction of sp³-hybridized carbons (Fsp3) is 0. The normalized spacial score (nSPS) is 10.9. The molecule has 0 spiro atoms. The summed E-state index contributed by atoms with van der Waals surface area (Å²) >= 11 is 8.80. The van der Waals surface area contributed by atoms with Gasteiger partial charge in [0.05, 0.1) is 20.4 Å². The SMILES string of the molecule is O=C(Nc1nc(-c2ccc(Cl)s2)cs1)c1cccc2ncccc12. The highest BCUT2D eigenvalue weighted by atomic mass is 35.5. The van der Waals surface area contributed by atoms with Gasteiger partial charge in [-0.2, -0.15) is 0 Å². The summed E-state index contributed by atoms with van der Waals surface area (Å²) in [6, 6.07) is 13.0. The molecule has 4 nitrogen and oxygen atoms in total. The molecular weight excluding hydrogens is 362 g/mol. The van der Waals surface area contributed by atoms with Crippen molar-refractivity contribution in [2.75, 3.05) is 5.32 Å². The molecule has 1 amide bonds. The number of carbonyl (C=O) groups is 1. The minimum absolute atomic E-state index is 0.196. The molecule has 0 aliphatic rings. The van der Waals surface area contributed by atoms with Crippen LogP contribution in [0.2, 0.25) is 4.34 Å². The lowest BCUT2D eigenvalue weighted by atomic mass is 10.1. The van der Waals surface area contributed by atoms with Crippen LogP contribution in [0.1, 0.15) is 10.4 Å². The van der Waals surface area contributed by atoms with Crippen molar-refractivity contribution < 1.29 is 4.79 Å². The van der Waals surface area contributed by atoms with Crippen LogP contribution in [-0.4, -0.2) is 15.9 Å². The Morgan fingerprint density at radius 2 is 2.04 bits per heavy atom. The molecule has 0 saturated heterocycles. The van der Waals surface area contributed by atoms with E-state index in [0.717, 1.165) is 21.5 Å². The molecule has 0 bridgehead atoms. The van der Waals surface area contributed by atoms with Crippen molar-refractivity contribution >= 4 is 56.2 Å².